The molecule has 0 fully saturated rings. The number of aromatic nitrogens is 3. The molecular formula is C12H14N4. The monoisotopic (exact) mass is 214 g/mol. The van der Waals surface area contributed by atoms with E-state index in [1.54, 1.807) is 6.20 Å². The lowest BCUT2D eigenvalue weighted by Crippen LogP contribution is -2.18. The lowest BCUT2D eigenvalue weighted by molar-refractivity contribution is 0.557. The van der Waals surface area contributed by atoms with Gasteiger partial charge in [0.15, 0.2) is 5.82 Å². The highest BCUT2D eigenvalue weighted by molar-refractivity contribution is 5.32. The van der Waals surface area contributed by atoms with Crippen LogP contribution in [0.1, 0.15) is 30.1 Å². The topological polar surface area (TPSA) is 56.7 Å². The van der Waals surface area contributed by atoms with Crippen molar-refractivity contribution in [2.75, 3.05) is 0 Å². The van der Waals surface area contributed by atoms with E-state index in [2.05, 4.69) is 10.1 Å². The number of nitrogens with two attached hydrogens (primary N) is 1. The van der Waals surface area contributed by atoms with Crippen LogP contribution >= 0.6 is 0 Å². The summed E-state index contributed by atoms with van der Waals surface area (Å²) in [6.45, 7) is 0. The van der Waals surface area contributed by atoms with Crippen LogP contribution in [0.15, 0.2) is 30.6 Å². The first-order valence-electron chi connectivity index (χ1n) is 5.60. The molecule has 16 heavy (non-hydrogen) atoms. The molecule has 0 aromatic carbocycles. The minimum Gasteiger partial charge on any atom is -0.324 e. The van der Waals surface area contributed by atoms with Crippen LogP contribution in [0.2, 0.25) is 0 Å². The summed E-state index contributed by atoms with van der Waals surface area (Å²) in [5, 5.41) is 4.39. The normalized spacial score (nSPS) is 19.4. The Hall–Kier alpha value is -1.68. The highest BCUT2D eigenvalue weighted by Crippen LogP contribution is 2.28. The standard InChI is InChI=1S/C12H14N4/c13-10-4-3-5-11-9(10)8-15-16(11)12-6-1-2-7-14-12/h1-2,6-8,10H,3-5,13H2/t10-/m0/s1. The minimum atomic E-state index is 0.140. The second-order valence-electron chi connectivity index (χ2n) is 4.15. The molecule has 3 rings (SSSR count). The van der Waals surface area contributed by atoms with Gasteiger partial charge >= 0.3 is 0 Å². The van der Waals surface area contributed by atoms with E-state index in [1.807, 2.05) is 29.1 Å². The lowest BCUT2D eigenvalue weighted by atomic mass is 9.94. The van der Waals surface area contributed by atoms with E-state index in [9.17, 15) is 0 Å². The molecule has 0 amide bonds. The summed E-state index contributed by atoms with van der Waals surface area (Å²) in [5.41, 5.74) is 8.46. The molecule has 1 aliphatic carbocycles. The van der Waals surface area contributed by atoms with Gasteiger partial charge in [0.1, 0.15) is 0 Å². The Morgan fingerprint density at radius 2 is 2.31 bits per heavy atom. The summed E-state index contributed by atoms with van der Waals surface area (Å²) in [7, 11) is 0. The van der Waals surface area contributed by atoms with Gasteiger partial charge in [-0.2, -0.15) is 5.10 Å². The van der Waals surface area contributed by atoms with E-state index in [0.29, 0.717) is 0 Å². The third-order valence-electron chi connectivity index (χ3n) is 3.10. The first-order valence-corrected chi connectivity index (χ1v) is 5.60. The van der Waals surface area contributed by atoms with Crippen molar-refractivity contribution in [1.82, 2.24) is 14.8 Å². The highest BCUT2D eigenvalue weighted by Gasteiger charge is 2.21. The van der Waals surface area contributed by atoms with Crippen molar-refractivity contribution in [2.24, 2.45) is 5.73 Å². The number of nitrogens with zero attached hydrogens (tertiary/aromatic N) is 3. The Balaban J connectivity index is 2.10. The average Bonchev–Trinajstić information content (AvgIpc) is 2.75. The van der Waals surface area contributed by atoms with E-state index in [-0.39, 0.29) is 6.04 Å². The molecule has 2 aromatic heterocycles. The van der Waals surface area contributed by atoms with E-state index >= 15 is 0 Å². The molecule has 1 atom stereocenters. The summed E-state index contributed by atoms with van der Waals surface area (Å²) >= 11 is 0. The molecular weight excluding hydrogens is 200 g/mol. The van der Waals surface area contributed by atoms with Crippen molar-refractivity contribution < 1.29 is 0 Å². The van der Waals surface area contributed by atoms with Crippen LogP contribution in [0.3, 0.4) is 0 Å². The van der Waals surface area contributed by atoms with E-state index in [1.165, 1.54) is 11.3 Å². The van der Waals surface area contributed by atoms with Crippen molar-refractivity contribution >= 4 is 0 Å². The average molecular weight is 214 g/mol. The van der Waals surface area contributed by atoms with E-state index in [0.717, 1.165) is 25.1 Å². The zero-order valence-electron chi connectivity index (χ0n) is 9.00. The van der Waals surface area contributed by atoms with E-state index < -0.39 is 0 Å². The molecule has 1 aliphatic rings. The Kier molecular flexibility index (Phi) is 2.22. The summed E-state index contributed by atoms with van der Waals surface area (Å²) in [6.07, 6.45) is 6.90. The van der Waals surface area contributed by atoms with Crippen molar-refractivity contribution in [1.29, 1.82) is 0 Å². The molecule has 82 valence electrons. The Bertz CT molecular complexity index is 489. The first-order chi connectivity index (χ1) is 7.86. The minimum absolute atomic E-state index is 0.140. The van der Waals surface area contributed by atoms with Gasteiger partial charge in [0.2, 0.25) is 0 Å². The number of pyridine rings is 1. The van der Waals surface area contributed by atoms with Crippen molar-refractivity contribution in [3.63, 3.8) is 0 Å². The van der Waals surface area contributed by atoms with Crippen LogP contribution in [0.5, 0.6) is 0 Å². The SMILES string of the molecule is N[C@H]1CCCc2c1cnn2-c1ccccn1. The molecule has 0 spiro atoms. The van der Waals surface area contributed by atoms with Crippen LogP contribution in [-0.2, 0) is 6.42 Å². The zero-order valence-corrected chi connectivity index (χ0v) is 9.00. The number of hydrogen-bond donors (Lipinski definition) is 1. The van der Waals surface area contributed by atoms with Gasteiger partial charge in [0.25, 0.3) is 0 Å². The molecule has 0 saturated heterocycles. The third-order valence-corrected chi connectivity index (χ3v) is 3.10. The Morgan fingerprint density at radius 3 is 3.12 bits per heavy atom. The third kappa shape index (κ3) is 1.42. The Labute approximate surface area is 94.1 Å². The van der Waals surface area contributed by atoms with Gasteiger partial charge in [-0.3, -0.25) is 0 Å². The van der Waals surface area contributed by atoms with E-state index in [4.69, 9.17) is 5.73 Å². The van der Waals surface area contributed by atoms with Crippen molar-refractivity contribution in [2.45, 2.75) is 25.3 Å². The molecule has 4 nitrogen and oxygen atoms in total. The van der Waals surface area contributed by atoms with Crippen LogP contribution in [-0.4, -0.2) is 14.8 Å². The molecule has 0 unspecified atom stereocenters. The molecule has 0 aliphatic heterocycles. The fourth-order valence-electron chi connectivity index (χ4n) is 2.27. The van der Waals surface area contributed by atoms with Gasteiger partial charge in [-0.05, 0) is 31.4 Å². The molecule has 2 N–H and O–H groups in total. The van der Waals surface area contributed by atoms with Crippen LogP contribution in [0.4, 0.5) is 0 Å². The second-order valence-corrected chi connectivity index (χ2v) is 4.15. The molecule has 2 heterocycles. The largest absolute Gasteiger partial charge is 0.324 e. The fourth-order valence-corrected chi connectivity index (χ4v) is 2.27. The molecule has 0 bridgehead atoms. The van der Waals surface area contributed by atoms with Gasteiger partial charge in [-0.25, -0.2) is 9.67 Å². The molecule has 4 heteroatoms. The second kappa shape index (κ2) is 3.72. The summed E-state index contributed by atoms with van der Waals surface area (Å²) in [6, 6.07) is 5.99. The summed E-state index contributed by atoms with van der Waals surface area (Å²) in [5.74, 6) is 0.873. The fraction of sp³-hybridized carbons (Fsp3) is 0.333. The van der Waals surface area contributed by atoms with Crippen LogP contribution in [0.25, 0.3) is 5.82 Å². The van der Waals surface area contributed by atoms with Crippen LogP contribution < -0.4 is 5.73 Å². The predicted octanol–water partition coefficient (Wildman–Crippen LogP) is 1.60. The van der Waals surface area contributed by atoms with Crippen molar-refractivity contribution in [3.8, 4) is 5.82 Å². The van der Waals surface area contributed by atoms with Crippen molar-refractivity contribution in [3.05, 3.63) is 41.9 Å². The molecule has 0 radical (unpaired) electrons. The first kappa shape index (κ1) is 9.54. The smallest absolute Gasteiger partial charge is 0.153 e. The number of fused-ring (bicyclic) bond motifs is 1. The predicted molar refractivity (Wildman–Crippen MR) is 61.2 cm³/mol. The number of hydrogen-bond acceptors (Lipinski definition) is 3. The maximum atomic E-state index is 6.06. The van der Waals surface area contributed by atoms with Gasteiger partial charge in [0, 0.05) is 17.8 Å². The molecule has 2 aromatic rings. The van der Waals surface area contributed by atoms with Gasteiger partial charge in [0.05, 0.1) is 11.9 Å². The maximum Gasteiger partial charge on any atom is 0.153 e. The quantitative estimate of drug-likeness (QED) is 0.784. The maximum absolute atomic E-state index is 6.06. The van der Waals surface area contributed by atoms with Gasteiger partial charge in [-0.15, -0.1) is 0 Å². The highest BCUT2D eigenvalue weighted by atomic mass is 15.3. The lowest BCUT2D eigenvalue weighted by Gasteiger charge is -2.19. The summed E-state index contributed by atoms with van der Waals surface area (Å²) in [4.78, 5) is 4.31. The van der Waals surface area contributed by atoms with Crippen LogP contribution in [0, 0.1) is 0 Å². The zero-order chi connectivity index (χ0) is 11.0. The van der Waals surface area contributed by atoms with Gasteiger partial charge in [-0.1, -0.05) is 6.07 Å². The summed E-state index contributed by atoms with van der Waals surface area (Å²) < 4.78 is 1.91. The number of rotatable bonds is 1. The Morgan fingerprint density at radius 1 is 1.38 bits per heavy atom. The van der Waals surface area contributed by atoms with Gasteiger partial charge < -0.3 is 5.73 Å². The molecule has 0 saturated carbocycles.